The molecule has 2 aromatic rings. The molecule has 2 rings (SSSR count). The van der Waals surface area contributed by atoms with Crippen LogP contribution in [0.2, 0.25) is 0 Å². The quantitative estimate of drug-likeness (QED) is 0.390. The van der Waals surface area contributed by atoms with Gasteiger partial charge in [0, 0.05) is 0 Å². The normalized spacial score (nSPS) is 12.8. The molecule has 0 radical (unpaired) electrons. The predicted molar refractivity (Wildman–Crippen MR) is 80.9 cm³/mol. The Hall–Kier alpha value is -3.26. The van der Waals surface area contributed by atoms with Gasteiger partial charge in [0.25, 0.3) is 0 Å². The third-order valence-electron chi connectivity index (χ3n) is 3.43. The van der Waals surface area contributed by atoms with Gasteiger partial charge in [0.1, 0.15) is 12.1 Å². The van der Waals surface area contributed by atoms with E-state index in [1.807, 2.05) is 0 Å². The minimum atomic E-state index is -4.67. The summed E-state index contributed by atoms with van der Waals surface area (Å²) in [5.74, 6) is 0. The standard InChI is InChI=1S/C18H8F6N2/c19-17(20,21)13-5-1-3-11(7-13)15(9-25)16(10-26)12-4-2-6-14(8-12)18(22,23)24/h1-8H. The van der Waals surface area contributed by atoms with Gasteiger partial charge in [-0.1, -0.05) is 24.3 Å². The number of allylic oxidation sites excluding steroid dienone is 2. The maximum absolute atomic E-state index is 12.8. The van der Waals surface area contributed by atoms with Crippen LogP contribution in [0.3, 0.4) is 0 Å². The minimum Gasteiger partial charge on any atom is -0.192 e. The first-order chi connectivity index (χ1) is 12.1. The van der Waals surface area contributed by atoms with Gasteiger partial charge in [-0.05, 0) is 35.4 Å². The van der Waals surface area contributed by atoms with E-state index in [1.165, 1.54) is 12.1 Å². The second kappa shape index (κ2) is 6.93. The molecule has 0 saturated heterocycles. The molecule has 0 fully saturated rings. The number of rotatable bonds is 2. The molecule has 2 aromatic carbocycles. The number of benzene rings is 2. The zero-order valence-corrected chi connectivity index (χ0v) is 12.8. The summed E-state index contributed by atoms with van der Waals surface area (Å²) in [5.41, 5.74) is -3.39. The molecular weight excluding hydrogens is 358 g/mol. The molecule has 0 aliphatic carbocycles. The van der Waals surface area contributed by atoms with Crippen LogP contribution in [-0.2, 0) is 12.4 Å². The lowest BCUT2D eigenvalue weighted by Crippen LogP contribution is -2.06. The fraction of sp³-hybridized carbons (Fsp3) is 0.111. The van der Waals surface area contributed by atoms with Crippen molar-refractivity contribution in [3.63, 3.8) is 0 Å². The topological polar surface area (TPSA) is 47.6 Å². The van der Waals surface area contributed by atoms with Crippen molar-refractivity contribution < 1.29 is 26.3 Å². The summed E-state index contributed by atoms with van der Waals surface area (Å²) in [7, 11) is 0. The molecule has 0 atom stereocenters. The third-order valence-corrected chi connectivity index (χ3v) is 3.43. The van der Waals surface area contributed by atoms with Crippen LogP contribution in [0.25, 0.3) is 11.1 Å². The van der Waals surface area contributed by atoms with Gasteiger partial charge >= 0.3 is 12.4 Å². The van der Waals surface area contributed by atoms with Crippen molar-refractivity contribution in [1.29, 1.82) is 10.5 Å². The van der Waals surface area contributed by atoms with Gasteiger partial charge in [0.2, 0.25) is 0 Å². The lowest BCUT2D eigenvalue weighted by atomic mass is 9.94. The molecular formula is C18H8F6N2. The first kappa shape index (κ1) is 19.1. The van der Waals surface area contributed by atoms with Crippen molar-refractivity contribution in [1.82, 2.24) is 0 Å². The van der Waals surface area contributed by atoms with Crippen LogP contribution in [0, 0.1) is 22.7 Å². The predicted octanol–water partition coefficient (Wildman–Crippen LogP) is 5.68. The Morgan fingerprint density at radius 2 is 1.00 bits per heavy atom. The maximum Gasteiger partial charge on any atom is 0.416 e. The Balaban J connectivity index is 2.68. The van der Waals surface area contributed by atoms with Gasteiger partial charge in [0.15, 0.2) is 0 Å². The van der Waals surface area contributed by atoms with Gasteiger partial charge in [0.05, 0.1) is 22.3 Å². The van der Waals surface area contributed by atoms with Crippen LogP contribution in [0.4, 0.5) is 26.3 Å². The number of nitrogens with zero attached hydrogens (tertiary/aromatic N) is 2. The molecule has 0 aromatic heterocycles. The first-order valence-corrected chi connectivity index (χ1v) is 6.97. The highest BCUT2D eigenvalue weighted by Gasteiger charge is 2.32. The Morgan fingerprint density at radius 3 is 1.27 bits per heavy atom. The van der Waals surface area contributed by atoms with E-state index in [0.29, 0.717) is 12.1 Å². The molecule has 2 nitrogen and oxygen atoms in total. The summed E-state index contributed by atoms with van der Waals surface area (Å²) >= 11 is 0. The summed E-state index contributed by atoms with van der Waals surface area (Å²) in [5, 5.41) is 18.6. The van der Waals surface area contributed by atoms with Crippen LogP contribution < -0.4 is 0 Å². The summed E-state index contributed by atoms with van der Waals surface area (Å²) in [6.07, 6.45) is -9.33. The molecule has 0 heterocycles. The van der Waals surface area contributed by atoms with E-state index in [4.69, 9.17) is 0 Å². The largest absolute Gasteiger partial charge is 0.416 e. The van der Waals surface area contributed by atoms with E-state index in [9.17, 15) is 36.9 Å². The number of nitriles is 2. The van der Waals surface area contributed by atoms with Gasteiger partial charge in [-0.15, -0.1) is 0 Å². The van der Waals surface area contributed by atoms with Crippen molar-refractivity contribution in [2.24, 2.45) is 0 Å². The molecule has 0 aliphatic heterocycles. The second-order valence-corrected chi connectivity index (χ2v) is 5.13. The zero-order chi connectivity index (χ0) is 19.5. The summed E-state index contributed by atoms with van der Waals surface area (Å²) in [4.78, 5) is 0. The Labute approximate surface area is 144 Å². The van der Waals surface area contributed by atoms with Crippen molar-refractivity contribution in [2.45, 2.75) is 12.4 Å². The van der Waals surface area contributed by atoms with Gasteiger partial charge in [-0.2, -0.15) is 36.9 Å². The average Bonchev–Trinajstić information content (AvgIpc) is 2.58. The van der Waals surface area contributed by atoms with E-state index in [0.717, 1.165) is 24.3 Å². The lowest BCUT2D eigenvalue weighted by Gasteiger charge is -2.11. The SMILES string of the molecule is N#CC(=C(C#N)c1cccc(C(F)(F)F)c1)c1cccc(C(F)(F)F)c1. The fourth-order valence-electron chi connectivity index (χ4n) is 2.23. The average molecular weight is 366 g/mol. The Kier molecular flexibility index (Phi) is 5.08. The summed E-state index contributed by atoms with van der Waals surface area (Å²) < 4.78 is 77.0. The monoisotopic (exact) mass is 366 g/mol. The first-order valence-electron chi connectivity index (χ1n) is 6.97. The van der Waals surface area contributed by atoms with Gasteiger partial charge < -0.3 is 0 Å². The number of hydrogen-bond donors (Lipinski definition) is 0. The van der Waals surface area contributed by atoms with Gasteiger partial charge in [-0.3, -0.25) is 0 Å². The third kappa shape index (κ3) is 4.04. The fourth-order valence-corrected chi connectivity index (χ4v) is 2.23. The molecule has 26 heavy (non-hydrogen) atoms. The Morgan fingerprint density at radius 1 is 0.654 bits per heavy atom. The van der Waals surface area contributed by atoms with Crippen molar-refractivity contribution in [3.05, 3.63) is 70.8 Å². The van der Waals surface area contributed by atoms with Gasteiger partial charge in [-0.25, -0.2) is 0 Å². The molecule has 132 valence electrons. The molecule has 0 bridgehead atoms. The van der Waals surface area contributed by atoms with Crippen LogP contribution >= 0.6 is 0 Å². The van der Waals surface area contributed by atoms with E-state index in [1.54, 1.807) is 12.1 Å². The molecule has 0 aliphatic rings. The maximum atomic E-state index is 12.8. The molecule has 0 unspecified atom stereocenters. The number of alkyl halides is 6. The molecule has 8 heteroatoms. The zero-order valence-electron chi connectivity index (χ0n) is 12.8. The highest BCUT2D eigenvalue weighted by Crippen LogP contribution is 2.35. The number of halogens is 6. The number of hydrogen-bond acceptors (Lipinski definition) is 2. The van der Waals surface area contributed by atoms with Crippen LogP contribution in [0.5, 0.6) is 0 Å². The van der Waals surface area contributed by atoms with Crippen molar-refractivity contribution in [3.8, 4) is 12.1 Å². The molecule has 0 N–H and O–H groups in total. The summed E-state index contributed by atoms with van der Waals surface area (Å²) in [6.45, 7) is 0. The van der Waals surface area contributed by atoms with E-state index in [-0.39, 0.29) is 11.1 Å². The molecule has 0 saturated carbocycles. The molecule has 0 amide bonds. The lowest BCUT2D eigenvalue weighted by molar-refractivity contribution is -0.138. The minimum absolute atomic E-state index is 0.212. The van der Waals surface area contributed by atoms with Crippen LogP contribution in [0.15, 0.2) is 48.5 Å². The van der Waals surface area contributed by atoms with E-state index in [2.05, 4.69) is 0 Å². The highest BCUT2D eigenvalue weighted by molar-refractivity contribution is 6.02. The molecule has 0 spiro atoms. The highest BCUT2D eigenvalue weighted by atomic mass is 19.4. The van der Waals surface area contributed by atoms with Crippen molar-refractivity contribution >= 4 is 11.1 Å². The smallest absolute Gasteiger partial charge is 0.192 e. The van der Waals surface area contributed by atoms with E-state index >= 15 is 0 Å². The summed E-state index contributed by atoms with van der Waals surface area (Å²) in [6, 6.07) is 10.6. The Bertz CT molecular complexity index is 862. The van der Waals surface area contributed by atoms with Crippen molar-refractivity contribution in [2.75, 3.05) is 0 Å². The van der Waals surface area contributed by atoms with Crippen LogP contribution in [0.1, 0.15) is 22.3 Å². The van der Waals surface area contributed by atoms with Crippen LogP contribution in [-0.4, -0.2) is 0 Å². The van der Waals surface area contributed by atoms with E-state index < -0.39 is 34.6 Å². The second-order valence-electron chi connectivity index (χ2n) is 5.13.